The maximum absolute atomic E-state index is 5.37. The molecule has 3 heteroatoms. The van der Waals surface area contributed by atoms with Gasteiger partial charge in [-0.05, 0) is 5.92 Å². The van der Waals surface area contributed by atoms with E-state index in [0.29, 0.717) is 5.92 Å². The molecule has 72 valence electrons. The van der Waals surface area contributed by atoms with Crippen molar-refractivity contribution in [2.45, 2.75) is 13.8 Å². The Morgan fingerprint density at radius 1 is 1.58 bits per heavy atom. The molecule has 0 saturated heterocycles. The van der Waals surface area contributed by atoms with Crippen LogP contribution in [0.15, 0.2) is 11.1 Å². The maximum atomic E-state index is 5.37. The van der Waals surface area contributed by atoms with E-state index in [-0.39, 0.29) is 0 Å². The molecule has 0 radical (unpaired) electrons. The van der Waals surface area contributed by atoms with Gasteiger partial charge in [-0.3, -0.25) is 0 Å². The van der Waals surface area contributed by atoms with E-state index in [0.717, 1.165) is 30.8 Å². The summed E-state index contributed by atoms with van der Waals surface area (Å²) >= 11 is 3.27. The van der Waals surface area contributed by atoms with Gasteiger partial charge >= 0.3 is 0 Å². The minimum atomic E-state index is 0.621. The zero-order valence-corrected chi connectivity index (χ0v) is 9.49. The van der Waals surface area contributed by atoms with Gasteiger partial charge in [-0.25, -0.2) is 0 Å². The second-order valence-corrected chi connectivity index (χ2v) is 4.28. The van der Waals surface area contributed by atoms with Crippen molar-refractivity contribution in [1.82, 2.24) is 5.32 Å². The number of hydrogen-bond acceptors (Lipinski definition) is 2. The molecule has 0 fully saturated rings. The molecule has 0 bridgehead atoms. The van der Waals surface area contributed by atoms with Crippen molar-refractivity contribution in [2.24, 2.45) is 5.92 Å². The van der Waals surface area contributed by atoms with Gasteiger partial charge in [-0.2, -0.15) is 0 Å². The highest BCUT2D eigenvalue weighted by Crippen LogP contribution is 1.96. The number of rotatable bonds is 7. The predicted molar refractivity (Wildman–Crippen MR) is 56.6 cm³/mol. The first kappa shape index (κ1) is 12.1. The Morgan fingerprint density at radius 3 is 2.75 bits per heavy atom. The predicted octanol–water partition coefficient (Wildman–Crippen LogP) is 2.16. The first-order valence-corrected chi connectivity index (χ1v) is 5.04. The van der Waals surface area contributed by atoms with E-state index in [1.807, 2.05) is 0 Å². The summed E-state index contributed by atoms with van der Waals surface area (Å²) in [5, 5.41) is 3.19. The van der Waals surface area contributed by atoms with Crippen molar-refractivity contribution < 1.29 is 4.74 Å². The number of nitrogens with one attached hydrogen (secondary N) is 1. The lowest BCUT2D eigenvalue weighted by Gasteiger charge is -2.07. The Balaban J connectivity index is 2.96. The smallest absolute Gasteiger partial charge is 0.0591 e. The molecule has 0 atom stereocenters. The number of ether oxygens (including phenoxy) is 1. The summed E-state index contributed by atoms with van der Waals surface area (Å²) < 4.78 is 6.35. The Bertz CT molecular complexity index is 126. The Labute approximate surface area is 83.5 Å². The van der Waals surface area contributed by atoms with E-state index in [1.54, 1.807) is 0 Å². The van der Waals surface area contributed by atoms with Crippen LogP contribution in [0.5, 0.6) is 0 Å². The minimum Gasteiger partial charge on any atom is -0.380 e. The van der Waals surface area contributed by atoms with Crippen molar-refractivity contribution in [3.05, 3.63) is 11.1 Å². The third kappa shape index (κ3) is 10.1. The number of hydrogen-bond donors (Lipinski definition) is 1. The molecule has 0 unspecified atom stereocenters. The average molecular weight is 236 g/mol. The summed E-state index contributed by atoms with van der Waals surface area (Å²) in [5.41, 5.74) is 0. The van der Waals surface area contributed by atoms with E-state index in [9.17, 15) is 0 Å². The molecule has 0 aromatic rings. The molecule has 0 aliphatic rings. The van der Waals surface area contributed by atoms with Gasteiger partial charge in [0.05, 0.1) is 6.61 Å². The third-order valence-corrected chi connectivity index (χ3v) is 1.47. The second-order valence-electron chi connectivity index (χ2n) is 3.16. The summed E-state index contributed by atoms with van der Waals surface area (Å²) in [6.45, 7) is 11.3. The van der Waals surface area contributed by atoms with Crippen LogP contribution in [0.3, 0.4) is 0 Å². The molecule has 0 spiro atoms. The van der Waals surface area contributed by atoms with Crippen LogP contribution in [0.2, 0.25) is 0 Å². The van der Waals surface area contributed by atoms with Crippen LogP contribution >= 0.6 is 15.9 Å². The molecule has 0 aliphatic carbocycles. The van der Waals surface area contributed by atoms with Crippen LogP contribution < -0.4 is 5.32 Å². The maximum Gasteiger partial charge on any atom is 0.0591 e. The third-order valence-electron chi connectivity index (χ3n) is 1.19. The standard InChI is InChI=1S/C9H18BrNO/c1-8(2)7-12-5-4-11-6-9(3)10/h8,11H,3-7H2,1-2H3. The first-order valence-electron chi connectivity index (χ1n) is 4.24. The SMILES string of the molecule is C=C(Br)CNCCOCC(C)C. The van der Waals surface area contributed by atoms with Crippen LogP contribution in [0.1, 0.15) is 13.8 Å². The Kier molecular flexibility index (Phi) is 7.86. The fourth-order valence-electron chi connectivity index (χ4n) is 0.687. The normalized spacial score (nSPS) is 10.7. The molecule has 0 aliphatic heterocycles. The van der Waals surface area contributed by atoms with Gasteiger partial charge in [0, 0.05) is 24.2 Å². The van der Waals surface area contributed by atoms with Crippen LogP contribution in [0.25, 0.3) is 0 Å². The lowest BCUT2D eigenvalue weighted by Crippen LogP contribution is -2.21. The Morgan fingerprint density at radius 2 is 2.25 bits per heavy atom. The van der Waals surface area contributed by atoms with Gasteiger partial charge in [-0.1, -0.05) is 36.4 Å². The van der Waals surface area contributed by atoms with E-state index in [1.165, 1.54) is 0 Å². The van der Waals surface area contributed by atoms with Crippen LogP contribution in [-0.2, 0) is 4.74 Å². The van der Waals surface area contributed by atoms with Crippen molar-refractivity contribution >= 4 is 15.9 Å². The first-order chi connectivity index (χ1) is 5.63. The van der Waals surface area contributed by atoms with Crippen molar-refractivity contribution in [1.29, 1.82) is 0 Å². The van der Waals surface area contributed by atoms with E-state index >= 15 is 0 Å². The molecule has 0 amide bonds. The van der Waals surface area contributed by atoms with E-state index in [4.69, 9.17) is 4.74 Å². The summed E-state index contributed by atoms with van der Waals surface area (Å²) in [7, 11) is 0. The molecule has 0 aromatic heterocycles. The summed E-state index contributed by atoms with van der Waals surface area (Å²) in [4.78, 5) is 0. The largest absolute Gasteiger partial charge is 0.380 e. The molecular weight excluding hydrogens is 218 g/mol. The van der Waals surface area contributed by atoms with Crippen LogP contribution in [0.4, 0.5) is 0 Å². The minimum absolute atomic E-state index is 0.621. The molecule has 12 heavy (non-hydrogen) atoms. The molecule has 0 rings (SSSR count). The highest BCUT2D eigenvalue weighted by Gasteiger charge is 1.93. The van der Waals surface area contributed by atoms with E-state index < -0.39 is 0 Å². The van der Waals surface area contributed by atoms with Gasteiger partial charge < -0.3 is 10.1 Å². The molecule has 0 aromatic carbocycles. The molecule has 2 nitrogen and oxygen atoms in total. The monoisotopic (exact) mass is 235 g/mol. The molecule has 1 N–H and O–H groups in total. The quantitative estimate of drug-likeness (QED) is 0.684. The van der Waals surface area contributed by atoms with Crippen LogP contribution in [-0.4, -0.2) is 26.3 Å². The molecule has 0 saturated carbocycles. The highest BCUT2D eigenvalue weighted by atomic mass is 79.9. The average Bonchev–Trinajstić information content (AvgIpc) is 1.95. The van der Waals surface area contributed by atoms with Gasteiger partial charge in [-0.15, -0.1) is 0 Å². The summed E-state index contributed by atoms with van der Waals surface area (Å²) in [6, 6.07) is 0. The van der Waals surface area contributed by atoms with Crippen LogP contribution in [0, 0.1) is 5.92 Å². The fraction of sp³-hybridized carbons (Fsp3) is 0.778. The van der Waals surface area contributed by atoms with Crippen molar-refractivity contribution in [2.75, 3.05) is 26.3 Å². The van der Waals surface area contributed by atoms with Gasteiger partial charge in [0.25, 0.3) is 0 Å². The van der Waals surface area contributed by atoms with Crippen molar-refractivity contribution in [3.8, 4) is 0 Å². The zero-order valence-electron chi connectivity index (χ0n) is 7.90. The lowest BCUT2D eigenvalue weighted by molar-refractivity contribution is 0.112. The number of halogens is 1. The van der Waals surface area contributed by atoms with E-state index in [2.05, 4.69) is 41.7 Å². The Hall–Kier alpha value is 0.140. The van der Waals surface area contributed by atoms with Gasteiger partial charge in [0.15, 0.2) is 0 Å². The fourth-order valence-corrected chi connectivity index (χ4v) is 0.886. The topological polar surface area (TPSA) is 21.3 Å². The summed E-state index contributed by atoms with van der Waals surface area (Å²) in [6.07, 6.45) is 0. The lowest BCUT2D eigenvalue weighted by atomic mass is 10.2. The van der Waals surface area contributed by atoms with Crippen molar-refractivity contribution in [3.63, 3.8) is 0 Å². The summed E-state index contributed by atoms with van der Waals surface area (Å²) in [5.74, 6) is 0.621. The molecule has 0 heterocycles. The van der Waals surface area contributed by atoms with Gasteiger partial charge in [0.2, 0.25) is 0 Å². The zero-order chi connectivity index (χ0) is 9.40. The highest BCUT2D eigenvalue weighted by molar-refractivity contribution is 9.11. The van der Waals surface area contributed by atoms with Gasteiger partial charge in [0.1, 0.15) is 0 Å². The second kappa shape index (κ2) is 7.77. The molecular formula is C9H18BrNO.